The number of nitrogens with zero attached hydrogens (tertiary/aromatic N) is 5. The second-order valence-electron chi connectivity index (χ2n) is 7.27. The van der Waals surface area contributed by atoms with Crippen molar-refractivity contribution in [3.05, 3.63) is 60.4 Å². The largest absolute Gasteiger partial charge is 0.473 e. The number of carbonyl (C=O) groups is 1. The van der Waals surface area contributed by atoms with Crippen molar-refractivity contribution in [2.75, 3.05) is 19.9 Å². The first-order valence-corrected chi connectivity index (χ1v) is 10.1. The van der Waals surface area contributed by atoms with Crippen LogP contribution in [0.5, 0.6) is 17.4 Å². The molecule has 158 valence electrons. The van der Waals surface area contributed by atoms with E-state index in [-0.39, 0.29) is 18.8 Å². The van der Waals surface area contributed by atoms with Gasteiger partial charge in [-0.25, -0.2) is 4.68 Å². The van der Waals surface area contributed by atoms with Crippen molar-refractivity contribution in [1.82, 2.24) is 24.9 Å². The third-order valence-electron chi connectivity index (χ3n) is 5.22. The monoisotopic (exact) mass is 419 g/mol. The van der Waals surface area contributed by atoms with Crippen LogP contribution in [0.1, 0.15) is 18.4 Å². The second-order valence-corrected chi connectivity index (χ2v) is 7.27. The molecule has 0 N–H and O–H groups in total. The van der Waals surface area contributed by atoms with Gasteiger partial charge in [0.05, 0.1) is 0 Å². The Balaban J connectivity index is 1.12. The lowest BCUT2D eigenvalue weighted by atomic mass is 10.1. The van der Waals surface area contributed by atoms with Crippen LogP contribution in [0.4, 0.5) is 0 Å². The maximum Gasteiger partial charge on any atom is 0.246 e. The number of fused-ring (bicyclic) bond motifs is 1. The van der Waals surface area contributed by atoms with Crippen molar-refractivity contribution < 1.29 is 19.0 Å². The maximum absolute atomic E-state index is 12.5. The summed E-state index contributed by atoms with van der Waals surface area (Å²) in [5, 5.41) is 12.4. The molecule has 0 atom stereocenters. The molecule has 4 heterocycles. The minimum atomic E-state index is -0.0144. The van der Waals surface area contributed by atoms with E-state index in [9.17, 15) is 4.79 Å². The number of benzene rings is 1. The third kappa shape index (κ3) is 4.35. The molecule has 1 saturated heterocycles. The second kappa shape index (κ2) is 8.47. The van der Waals surface area contributed by atoms with Crippen molar-refractivity contribution in [1.29, 1.82) is 0 Å². The predicted octanol–water partition coefficient (Wildman–Crippen LogP) is 2.47. The molecule has 0 radical (unpaired) electrons. The summed E-state index contributed by atoms with van der Waals surface area (Å²) in [4.78, 5) is 14.4. The average Bonchev–Trinajstić information content (AvgIpc) is 3.50. The molecule has 0 bridgehead atoms. The first kappa shape index (κ1) is 19.1. The van der Waals surface area contributed by atoms with Crippen LogP contribution >= 0.6 is 0 Å². The number of ether oxygens (including phenoxy) is 3. The van der Waals surface area contributed by atoms with Gasteiger partial charge in [0.1, 0.15) is 6.10 Å². The molecule has 2 aliphatic heterocycles. The Morgan fingerprint density at radius 2 is 1.97 bits per heavy atom. The van der Waals surface area contributed by atoms with Gasteiger partial charge in [-0.2, -0.15) is 5.10 Å². The highest BCUT2D eigenvalue weighted by atomic mass is 16.7. The highest BCUT2D eigenvalue weighted by Crippen LogP contribution is 2.32. The smallest absolute Gasteiger partial charge is 0.246 e. The molecule has 31 heavy (non-hydrogen) atoms. The summed E-state index contributed by atoms with van der Waals surface area (Å²) in [6.07, 6.45) is 8.37. The lowest BCUT2D eigenvalue weighted by molar-refractivity contribution is -0.127. The molecule has 1 amide bonds. The molecule has 0 saturated carbocycles. The number of piperidine rings is 1. The quantitative estimate of drug-likeness (QED) is 0.587. The van der Waals surface area contributed by atoms with E-state index in [4.69, 9.17) is 14.2 Å². The van der Waals surface area contributed by atoms with Gasteiger partial charge in [-0.05, 0) is 35.9 Å². The average molecular weight is 419 g/mol. The Hall–Kier alpha value is -3.88. The summed E-state index contributed by atoms with van der Waals surface area (Å²) in [5.41, 5.74) is 0.896. The summed E-state index contributed by atoms with van der Waals surface area (Å²) in [6, 6.07) is 11.0. The lowest BCUT2D eigenvalue weighted by Gasteiger charge is -2.31. The van der Waals surface area contributed by atoms with Gasteiger partial charge >= 0.3 is 0 Å². The van der Waals surface area contributed by atoms with Crippen molar-refractivity contribution in [2.24, 2.45) is 0 Å². The van der Waals surface area contributed by atoms with E-state index >= 15 is 0 Å². The number of rotatable bonds is 5. The number of hydrogen-bond acceptors (Lipinski definition) is 7. The van der Waals surface area contributed by atoms with E-state index in [2.05, 4.69) is 15.3 Å². The van der Waals surface area contributed by atoms with Gasteiger partial charge in [0, 0.05) is 50.5 Å². The van der Waals surface area contributed by atoms with E-state index in [0.29, 0.717) is 30.5 Å². The fraction of sp³-hybridized carbons (Fsp3) is 0.273. The molecular weight excluding hydrogens is 398 g/mol. The van der Waals surface area contributed by atoms with E-state index in [1.807, 2.05) is 35.2 Å². The maximum atomic E-state index is 12.5. The minimum Gasteiger partial charge on any atom is -0.473 e. The minimum absolute atomic E-state index is 0.00624. The number of hydrogen-bond donors (Lipinski definition) is 0. The molecule has 3 aromatic rings. The molecule has 0 aliphatic carbocycles. The molecule has 2 aromatic heterocycles. The predicted molar refractivity (Wildman–Crippen MR) is 111 cm³/mol. The van der Waals surface area contributed by atoms with Gasteiger partial charge in [-0.1, -0.05) is 6.07 Å². The molecule has 9 nitrogen and oxygen atoms in total. The highest BCUT2D eigenvalue weighted by Gasteiger charge is 2.23. The van der Waals surface area contributed by atoms with Crippen LogP contribution in [0.15, 0.2) is 54.9 Å². The molecule has 0 unspecified atom stereocenters. The number of carbonyl (C=O) groups excluding carboxylic acids is 1. The zero-order chi connectivity index (χ0) is 21.0. The van der Waals surface area contributed by atoms with E-state index in [0.717, 1.165) is 24.2 Å². The molecule has 5 rings (SSSR count). The molecule has 1 fully saturated rings. The van der Waals surface area contributed by atoms with Crippen molar-refractivity contribution >= 4 is 12.0 Å². The van der Waals surface area contributed by atoms with Crippen LogP contribution in [-0.4, -0.2) is 56.8 Å². The molecule has 2 aliphatic rings. The summed E-state index contributed by atoms with van der Waals surface area (Å²) in [5.74, 6) is 2.52. The van der Waals surface area contributed by atoms with E-state index < -0.39 is 0 Å². The summed E-state index contributed by atoms with van der Waals surface area (Å²) in [6.45, 7) is 1.50. The van der Waals surface area contributed by atoms with Gasteiger partial charge in [0.15, 0.2) is 17.3 Å². The lowest BCUT2D eigenvalue weighted by Crippen LogP contribution is -2.41. The van der Waals surface area contributed by atoms with Gasteiger partial charge in [-0.3, -0.25) is 4.79 Å². The zero-order valence-electron chi connectivity index (χ0n) is 16.8. The van der Waals surface area contributed by atoms with Crippen LogP contribution in [0.25, 0.3) is 11.9 Å². The number of amides is 1. The summed E-state index contributed by atoms with van der Waals surface area (Å²) >= 11 is 0. The molecular formula is C22H21N5O4. The van der Waals surface area contributed by atoms with Crippen molar-refractivity contribution in [3.63, 3.8) is 0 Å². The van der Waals surface area contributed by atoms with Crippen LogP contribution in [0.3, 0.4) is 0 Å². The molecule has 0 spiro atoms. The topological polar surface area (TPSA) is 91.6 Å². The standard InChI is InChI=1S/C22H21N5O4/c28-22(7-3-16-2-4-18-19(14-16)30-15-29-18)26-12-8-17(9-13-26)31-21-6-5-20(24-25-21)27-11-1-10-23-27/h1-7,10-11,14,17H,8-9,12-13,15H2/b7-3+. The van der Waals surface area contributed by atoms with Gasteiger partial charge in [-0.15, -0.1) is 10.2 Å². The Kier molecular flexibility index (Phi) is 5.22. The van der Waals surface area contributed by atoms with E-state index in [1.54, 1.807) is 35.3 Å². The van der Waals surface area contributed by atoms with Crippen molar-refractivity contribution in [2.45, 2.75) is 18.9 Å². The Morgan fingerprint density at radius 3 is 2.74 bits per heavy atom. The first-order chi connectivity index (χ1) is 15.2. The molecule has 1 aromatic carbocycles. The highest BCUT2D eigenvalue weighted by molar-refractivity contribution is 5.92. The number of aromatic nitrogens is 4. The Labute approximate surface area is 178 Å². The van der Waals surface area contributed by atoms with E-state index in [1.165, 1.54) is 0 Å². The SMILES string of the molecule is O=C(/C=C/c1ccc2c(c1)OCO2)N1CCC(Oc2ccc(-n3cccn3)nn2)CC1. The van der Waals surface area contributed by atoms with Gasteiger partial charge < -0.3 is 19.1 Å². The molecule has 9 heteroatoms. The van der Waals surface area contributed by atoms with Crippen LogP contribution in [0.2, 0.25) is 0 Å². The zero-order valence-corrected chi connectivity index (χ0v) is 16.8. The fourth-order valence-corrected chi connectivity index (χ4v) is 3.56. The van der Waals surface area contributed by atoms with Gasteiger partial charge in [0.2, 0.25) is 18.6 Å². The van der Waals surface area contributed by atoms with Gasteiger partial charge in [0.25, 0.3) is 0 Å². The first-order valence-electron chi connectivity index (χ1n) is 10.1. The number of likely N-dealkylation sites (tertiary alicyclic amines) is 1. The normalized spacial score (nSPS) is 16.1. The summed E-state index contributed by atoms with van der Waals surface area (Å²) < 4.78 is 18.3. The Morgan fingerprint density at radius 1 is 1.10 bits per heavy atom. The van der Waals surface area contributed by atoms with Crippen LogP contribution in [-0.2, 0) is 4.79 Å². The van der Waals surface area contributed by atoms with Crippen LogP contribution < -0.4 is 14.2 Å². The Bertz CT molecular complexity index is 1070. The van der Waals surface area contributed by atoms with Crippen molar-refractivity contribution in [3.8, 4) is 23.2 Å². The fourth-order valence-electron chi connectivity index (χ4n) is 3.56. The summed E-state index contributed by atoms with van der Waals surface area (Å²) in [7, 11) is 0. The third-order valence-corrected chi connectivity index (χ3v) is 5.22. The van der Waals surface area contributed by atoms with Crippen LogP contribution in [0, 0.1) is 0 Å².